The molecule has 0 spiro atoms. The van der Waals surface area contributed by atoms with Gasteiger partial charge >= 0.3 is 0 Å². The molecule has 0 saturated carbocycles. The molecule has 0 aromatic heterocycles. The topological polar surface area (TPSA) is 63.4 Å². The molecule has 0 radical (unpaired) electrons. The summed E-state index contributed by atoms with van der Waals surface area (Å²) in [6.45, 7) is 1.79. The Morgan fingerprint density at radius 2 is 2.16 bits per heavy atom. The summed E-state index contributed by atoms with van der Waals surface area (Å²) in [4.78, 5) is 1.72. The van der Waals surface area contributed by atoms with Gasteiger partial charge in [0.25, 0.3) is 0 Å². The van der Waals surface area contributed by atoms with E-state index in [0.29, 0.717) is 17.7 Å². The van der Waals surface area contributed by atoms with E-state index in [0.717, 1.165) is 0 Å². The number of benzene rings is 1. The highest BCUT2D eigenvalue weighted by atomic mass is 32.2. The van der Waals surface area contributed by atoms with Gasteiger partial charge in [0.1, 0.15) is 5.82 Å². The van der Waals surface area contributed by atoms with Crippen molar-refractivity contribution in [1.82, 2.24) is 0 Å². The van der Waals surface area contributed by atoms with E-state index in [9.17, 15) is 12.8 Å². The Bertz CT molecular complexity index is 572. The molecule has 0 amide bonds. The second kappa shape index (κ2) is 5.09. The summed E-state index contributed by atoms with van der Waals surface area (Å²) >= 11 is 0. The van der Waals surface area contributed by atoms with E-state index in [4.69, 9.17) is 5.73 Å². The van der Waals surface area contributed by atoms with Gasteiger partial charge in [0.2, 0.25) is 0 Å². The third kappa shape index (κ3) is 2.90. The Labute approximate surface area is 113 Å². The third-order valence-corrected chi connectivity index (χ3v) is 5.37. The summed E-state index contributed by atoms with van der Waals surface area (Å²) in [5.74, 6) is -0.109. The molecule has 19 heavy (non-hydrogen) atoms. The van der Waals surface area contributed by atoms with E-state index in [1.807, 2.05) is 0 Å². The fourth-order valence-electron chi connectivity index (χ4n) is 2.53. The highest BCUT2D eigenvalue weighted by molar-refractivity contribution is 7.91. The second-order valence-electron chi connectivity index (χ2n) is 5.13. The molecule has 1 aliphatic heterocycles. The highest BCUT2D eigenvalue weighted by Crippen LogP contribution is 2.31. The van der Waals surface area contributed by atoms with Crippen molar-refractivity contribution in [1.29, 1.82) is 0 Å². The maximum absolute atomic E-state index is 14.1. The van der Waals surface area contributed by atoms with Crippen molar-refractivity contribution in [2.45, 2.75) is 25.4 Å². The van der Waals surface area contributed by atoms with Crippen molar-refractivity contribution in [3.8, 4) is 0 Å². The van der Waals surface area contributed by atoms with Gasteiger partial charge in [-0.1, -0.05) is 12.1 Å². The number of halogens is 1. The van der Waals surface area contributed by atoms with E-state index >= 15 is 0 Å². The van der Waals surface area contributed by atoms with Crippen molar-refractivity contribution in [3.05, 3.63) is 29.6 Å². The standard InChI is InChI=1S/C13H19FN2O2S/c1-9(15)11-4-3-5-12(14)13(11)16(2)10-6-7-19(17,18)8-10/h3-5,9-10H,6-8,15H2,1-2H3/t9-,10?/m1/s1. The number of anilines is 1. The smallest absolute Gasteiger partial charge is 0.152 e. The Morgan fingerprint density at radius 3 is 2.68 bits per heavy atom. The van der Waals surface area contributed by atoms with Crippen LogP contribution in [0.2, 0.25) is 0 Å². The van der Waals surface area contributed by atoms with Crippen LogP contribution in [0.5, 0.6) is 0 Å². The molecular formula is C13H19FN2O2S. The van der Waals surface area contributed by atoms with Gasteiger partial charge in [-0.05, 0) is 25.0 Å². The monoisotopic (exact) mass is 286 g/mol. The van der Waals surface area contributed by atoms with Gasteiger partial charge < -0.3 is 10.6 Å². The molecular weight excluding hydrogens is 267 g/mol. The summed E-state index contributed by atoms with van der Waals surface area (Å²) in [5.41, 5.74) is 6.98. The maximum atomic E-state index is 14.1. The van der Waals surface area contributed by atoms with Gasteiger partial charge in [-0.2, -0.15) is 0 Å². The Kier molecular flexibility index (Phi) is 3.82. The summed E-state index contributed by atoms with van der Waals surface area (Å²) in [7, 11) is -1.26. The van der Waals surface area contributed by atoms with E-state index in [1.54, 1.807) is 31.0 Å². The zero-order chi connectivity index (χ0) is 14.2. The van der Waals surface area contributed by atoms with Crippen LogP contribution in [0.25, 0.3) is 0 Å². The number of hydrogen-bond acceptors (Lipinski definition) is 4. The van der Waals surface area contributed by atoms with E-state index < -0.39 is 9.84 Å². The third-order valence-electron chi connectivity index (χ3n) is 3.62. The lowest BCUT2D eigenvalue weighted by atomic mass is 10.0. The molecule has 4 nitrogen and oxygen atoms in total. The Balaban J connectivity index is 2.36. The molecule has 1 aliphatic rings. The molecule has 2 N–H and O–H groups in total. The maximum Gasteiger partial charge on any atom is 0.152 e. The van der Waals surface area contributed by atoms with Crippen molar-refractivity contribution in [2.24, 2.45) is 5.73 Å². The summed E-state index contributed by atoms with van der Waals surface area (Å²) < 4.78 is 37.1. The molecule has 1 unspecified atom stereocenters. The summed E-state index contributed by atoms with van der Waals surface area (Å²) in [6.07, 6.45) is 0.533. The fraction of sp³-hybridized carbons (Fsp3) is 0.538. The SMILES string of the molecule is C[C@@H](N)c1cccc(F)c1N(C)C1CCS(=O)(=O)C1. The number of sulfone groups is 1. The predicted molar refractivity (Wildman–Crippen MR) is 74.5 cm³/mol. The molecule has 1 saturated heterocycles. The molecule has 1 heterocycles. The van der Waals surface area contributed by atoms with Crippen LogP contribution >= 0.6 is 0 Å². The van der Waals surface area contributed by atoms with Gasteiger partial charge in [0.05, 0.1) is 17.2 Å². The van der Waals surface area contributed by atoms with Crippen LogP contribution in [-0.2, 0) is 9.84 Å². The number of hydrogen-bond donors (Lipinski definition) is 1. The van der Waals surface area contributed by atoms with E-state index in [-0.39, 0.29) is 29.4 Å². The van der Waals surface area contributed by atoms with Gasteiger partial charge in [0, 0.05) is 19.1 Å². The highest BCUT2D eigenvalue weighted by Gasteiger charge is 2.32. The Morgan fingerprint density at radius 1 is 1.47 bits per heavy atom. The number of rotatable bonds is 3. The first-order chi connectivity index (χ1) is 8.82. The molecule has 6 heteroatoms. The Hall–Kier alpha value is -1.14. The van der Waals surface area contributed by atoms with Gasteiger partial charge in [0.15, 0.2) is 9.84 Å². The molecule has 1 aromatic carbocycles. The molecule has 106 valence electrons. The lowest BCUT2D eigenvalue weighted by molar-refractivity contribution is 0.593. The minimum Gasteiger partial charge on any atom is -0.368 e. The molecule has 1 aromatic rings. The average molecular weight is 286 g/mol. The predicted octanol–water partition coefficient (Wildman–Crippen LogP) is 1.47. The second-order valence-corrected chi connectivity index (χ2v) is 7.36. The molecule has 2 rings (SSSR count). The summed E-state index contributed by atoms with van der Waals surface area (Å²) in [5, 5.41) is 0. The number of nitrogens with zero attached hydrogens (tertiary/aromatic N) is 1. The first kappa shape index (κ1) is 14.3. The largest absolute Gasteiger partial charge is 0.368 e. The van der Waals surface area contributed by atoms with Crippen LogP contribution < -0.4 is 10.6 Å². The first-order valence-corrected chi connectivity index (χ1v) is 8.11. The van der Waals surface area contributed by atoms with Gasteiger partial charge in [-0.3, -0.25) is 0 Å². The zero-order valence-corrected chi connectivity index (χ0v) is 12.0. The minimum atomic E-state index is -2.99. The van der Waals surface area contributed by atoms with Gasteiger partial charge in [-0.15, -0.1) is 0 Å². The van der Waals surface area contributed by atoms with Crippen molar-refractivity contribution < 1.29 is 12.8 Å². The zero-order valence-electron chi connectivity index (χ0n) is 11.1. The normalized spacial score (nSPS) is 23.3. The average Bonchev–Trinajstić information content (AvgIpc) is 2.68. The van der Waals surface area contributed by atoms with Crippen LogP contribution in [0.4, 0.5) is 10.1 Å². The molecule has 1 fully saturated rings. The van der Waals surface area contributed by atoms with Crippen LogP contribution in [0, 0.1) is 5.82 Å². The fourth-order valence-corrected chi connectivity index (χ4v) is 4.31. The van der Waals surface area contributed by atoms with Crippen LogP contribution in [0.1, 0.15) is 24.9 Å². The van der Waals surface area contributed by atoms with Crippen LogP contribution in [-0.4, -0.2) is 33.0 Å². The van der Waals surface area contributed by atoms with Crippen LogP contribution in [0.3, 0.4) is 0 Å². The summed E-state index contributed by atoms with van der Waals surface area (Å²) in [6, 6.07) is 4.30. The lowest BCUT2D eigenvalue weighted by Crippen LogP contribution is -2.34. The van der Waals surface area contributed by atoms with Gasteiger partial charge in [-0.25, -0.2) is 12.8 Å². The molecule has 2 atom stereocenters. The van der Waals surface area contributed by atoms with Crippen molar-refractivity contribution >= 4 is 15.5 Å². The minimum absolute atomic E-state index is 0.0796. The lowest BCUT2D eigenvalue weighted by Gasteiger charge is -2.29. The van der Waals surface area contributed by atoms with Crippen LogP contribution in [0.15, 0.2) is 18.2 Å². The number of para-hydroxylation sites is 1. The van der Waals surface area contributed by atoms with E-state index in [1.165, 1.54) is 6.07 Å². The van der Waals surface area contributed by atoms with Crippen molar-refractivity contribution in [3.63, 3.8) is 0 Å². The first-order valence-electron chi connectivity index (χ1n) is 6.29. The van der Waals surface area contributed by atoms with E-state index in [2.05, 4.69) is 0 Å². The quantitative estimate of drug-likeness (QED) is 0.914. The van der Waals surface area contributed by atoms with Crippen molar-refractivity contribution in [2.75, 3.05) is 23.5 Å². The molecule has 0 aliphatic carbocycles. The molecule has 0 bridgehead atoms. The number of nitrogens with two attached hydrogens (primary N) is 1.